The van der Waals surface area contributed by atoms with Gasteiger partial charge in [0.05, 0.1) is 6.54 Å². The molecule has 18 heavy (non-hydrogen) atoms. The highest BCUT2D eigenvalue weighted by atomic mass is 32.2. The van der Waals surface area contributed by atoms with Gasteiger partial charge >= 0.3 is 16.3 Å². The van der Waals surface area contributed by atoms with Gasteiger partial charge in [-0.1, -0.05) is 30.3 Å². The van der Waals surface area contributed by atoms with Crippen LogP contribution in [-0.2, 0) is 21.6 Å². The van der Waals surface area contributed by atoms with Crippen LogP contribution < -0.4 is 0 Å². The van der Waals surface area contributed by atoms with Crippen molar-refractivity contribution in [3.63, 3.8) is 0 Å². The average Bonchev–Trinajstić information content (AvgIpc) is 2.63. The molecule has 0 aliphatic carbocycles. The molecular formula is C11H14N2O4S. The number of nitrogens with zero attached hydrogens (tertiary/aromatic N) is 2. The van der Waals surface area contributed by atoms with Gasteiger partial charge in [-0.05, 0) is 5.56 Å². The molecule has 0 atom stereocenters. The predicted molar refractivity (Wildman–Crippen MR) is 64.9 cm³/mol. The number of rotatable bonds is 2. The summed E-state index contributed by atoms with van der Waals surface area (Å²) in [6.45, 7) is 0.491. The van der Waals surface area contributed by atoms with Crippen LogP contribution in [0.15, 0.2) is 30.3 Å². The number of hydrogen-bond acceptors (Lipinski definition) is 4. The van der Waals surface area contributed by atoms with Gasteiger partial charge in [0.15, 0.2) is 0 Å². The molecule has 98 valence electrons. The van der Waals surface area contributed by atoms with Gasteiger partial charge in [0, 0.05) is 13.6 Å². The first-order valence-electron chi connectivity index (χ1n) is 5.46. The fraction of sp³-hybridized carbons (Fsp3) is 0.364. The first kappa shape index (κ1) is 12.8. The molecule has 1 fully saturated rings. The Morgan fingerprint density at radius 1 is 1.28 bits per heavy atom. The number of amides is 1. The molecule has 7 heteroatoms. The molecule has 1 saturated heterocycles. The summed E-state index contributed by atoms with van der Waals surface area (Å²) >= 11 is 0. The van der Waals surface area contributed by atoms with E-state index >= 15 is 0 Å². The Morgan fingerprint density at radius 2 is 1.94 bits per heavy atom. The van der Waals surface area contributed by atoms with Crippen LogP contribution in [0.5, 0.6) is 0 Å². The number of benzene rings is 1. The highest BCUT2D eigenvalue weighted by Crippen LogP contribution is 2.15. The normalized spacial score (nSPS) is 18.8. The molecule has 1 aliphatic heterocycles. The maximum absolute atomic E-state index is 11.7. The lowest BCUT2D eigenvalue weighted by molar-refractivity contribution is 0.121. The summed E-state index contributed by atoms with van der Waals surface area (Å²) in [6, 6.07) is 9.11. The molecule has 1 aromatic carbocycles. The van der Waals surface area contributed by atoms with E-state index in [1.807, 2.05) is 18.2 Å². The van der Waals surface area contributed by atoms with Crippen molar-refractivity contribution >= 4 is 16.3 Å². The van der Waals surface area contributed by atoms with E-state index in [-0.39, 0.29) is 13.2 Å². The van der Waals surface area contributed by atoms with Crippen LogP contribution in [0.4, 0.5) is 4.79 Å². The van der Waals surface area contributed by atoms with E-state index in [9.17, 15) is 13.2 Å². The van der Waals surface area contributed by atoms with Crippen LogP contribution in [0.25, 0.3) is 0 Å². The first-order chi connectivity index (χ1) is 8.51. The summed E-state index contributed by atoms with van der Waals surface area (Å²) in [5.74, 6) is 0. The molecule has 0 N–H and O–H groups in total. The van der Waals surface area contributed by atoms with E-state index < -0.39 is 16.3 Å². The predicted octanol–water partition coefficient (Wildman–Crippen LogP) is 0.815. The van der Waals surface area contributed by atoms with Gasteiger partial charge in [0.25, 0.3) is 0 Å². The lowest BCUT2D eigenvalue weighted by Gasteiger charge is -2.15. The van der Waals surface area contributed by atoms with E-state index in [0.717, 1.165) is 14.2 Å². The number of hydrogen-bond donors (Lipinski definition) is 0. The Morgan fingerprint density at radius 3 is 2.50 bits per heavy atom. The Bertz CT molecular complexity index is 529. The fourth-order valence-corrected chi connectivity index (χ4v) is 2.81. The smallest absolute Gasteiger partial charge is 0.424 e. The molecule has 0 aromatic heterocycles. The molecule has 1 amide bonds. The zero-order chi connectivity index (χ0) is 13.2. The molecule has 1 heterocycles. The molecule has 2 rings (SSSR count). The SMILES string of the molecule is CN1CCN(C(=O)OCc2ccccc2)S1(=O)=O. The summed E-state index contributed by atoms with van der Waals surface area (Å²) in [7, 11) is -2.25. The van der Waals surface area contributed by atoms with Crippen LogP contribution in [0.3, 0.4) is 0 Å². The Balaban J connectivity index is 1.98. The van der Waals surface area contributed by atoms with Crippen molar-refractivity contribution in [2.45, 2.75) is 6.61 Å². The standard InChI is InChI=1S/C11H14N2O4S/c1-12-7-8-13(18(12,15)16)11(14)17-9-10-5-3-2-4-6-10/h2-6H,7-9H2,1H3. The van der Waals surface area contributed by atoms with Crippen LogP contribution >= 0.6 is 0 Å². The lowest BCUT2D eigenvalue weighted by atomic mass is 10.2. The second-order valence-corrected chi connectivity index (χ2v) is 5.90. The van der Waals surface area contributed by atoms with Gasteiger partial charge in [0.1, 0.15) is 6.61 Å². The summed E-state index contributed by atoms with van der Waals surface area (Å²) in [6.07, 6.45) is -0.830. The van der Waals surface area contributed by atoms with Crippen molar-refractivity contribution in [3.8, 4) is 0 Å². The molecule has 0 saturated carbocycles. The van der Waals surface area contributed by atoms with Crippen molar-refractivity contribution < 1.29 is 17.9 Å². The van der Waals surface area contributed by atoms with Gasteiger partial charge in [-0.15, -0.1) is 0 Å². The van der Waals surface area contributed by atoms with Crippen LogP contribution in [0.1, 0.15) is 5.56 Å². The third-order valence-electron chi connectivity index (χ3n) is 2.70. The molecule has 0 bridgehead atoms. The zero-order valence-corrected chi connectivity index (χ0v) is 10.8. The minimum Gasteiger partial charge on any atom is -0.444 e. The van der Waals surface area contributed by atoms with E-state index in [2.05, 4.69) is 0 Å². The molecule has 0 radical (unpaired) electrons. The lowest BCUT2D eigenvalue weighted by Crippen LogP contribution is -2.36. The van der Waals surface area contributed by atoms with Crippen LogP contribution in [-0.4, -0.2) is 43.3 Å². The van der Waals surface area contributed by atoms with E-state index in [0.29, 0.717) is 6.54 Å². The molecule has 1 aliphatic rings. The second-order valence-electron chi connectivity index (χ2n) is 3.94. The highest BCUT2D eigenvalue weighted by Gasteiger charge is 2.38. The highest BCUT2D eigenvalue weighted by molar-refractivity contribution is 7.87. The van der Waals surface area contributed by atoms with Crippen LogP contribution in [0, 0.1) is 0 Å². The van der Waals surface area contributed by atoms with Gasteiger partial charge in [0.2, 0.25) is 0 Å². The summed E-state index contributed by atoms with van der Waals surface area (Å²) in [5.41, 5.74) is 0.816. The summed E-state index contributed by atoms with van der Waals surface area (Å²) in [5, 5.41) is 0. The Kier molecular flexibility index (Phi) is 3.53. The van der Waals surface area contributed by atoms with Crippen molar-refractivity contribution in [1.29, 1.82) is 0 Å². The molecule has 0 spiro atoms. The minimum absolute atomic E-state index is 0.0649. The van der Waals surface area contributed by atoms with Crippen LogP contribution in [0.2, 0.25) is 0 Å². The van der Waals surface area contributed by atoms with E-state index in [1.54, 1.807) is 12.1 Å². The largest absolute Gasteiger partial charge is 0.444 e. The first-order valence-corrected chi connectivity index (χ1v) is 6.86. The van der Waals surface area contributed by atoms with E-state index in [1.165, 1.54) is 7.05 Å². The third kappa shape index (κ3) is 2.46. The minimum atomic E-state index is -3.68. The maximum Gasteiger partial charge on any atom is 0.424 e. The number of carbonyl (C=O) groups is 1. The monoisotopic (exact) mass is 270 g/mol. The van der Waals surface area contributed by atoms with Crippen molar-refractivity contribution in [2.24, 2.45) is 0 Å². The van der Waals surface area contributed by atoms with Crippen molar-refractivity contribution in [2.75, 3.05) is 20.1 Å². The molecule has 1 aromatic rings. The maximum atomic E-state index is 11.7. The van der Waals surface area contributed by atoms with Crippen molar-refractivity contribution in [1.82, 2.24) is 8.61 Å². The Labute approximate surface area is 106 Å². The van der Waals surface area contributed by atoms with Gasteiger partial charge in [-0.25, -0.2) is 4.79 Å². The number of carbonyl (C=O) groups excluding carboxylic acids is 1. The third-order valence-corrected chi connectivity index (χ3v) is 4.56. The van der Waals surface area contributed by atoms with Gasteiger partial charge in [-0.2, -0.15) is 17.0 Å². The number of ether oxygens (including phenoxy) is 1. The number of likely N-dealkylation sites (N-methyl/N-ethyl adjacent to an activating group) is 1. The summed E-state index contributed by atoms with van der Waals surface area (Å²) in [4.78, 5) is 11.7. The second kappa shape index (κ2) is 4.95. The quantitative estimate of drug-likeness (QED) is 0.797. The molecule has 6 nitrogen and oxygen atoms in total. The molecular weight excluding hydrogens is 256 g/mol. The van der Waals surface area contributed by atoms with Crippen molar-refractivity contribution in [3.05, 3.63) is 35.9 Å². The van der Waals surface area contributed by atoms with E-state index in [4.69, 9.17) is 4.74 Å². The van der Waals surface area contributed by atoms with Gasteiger partial charge in [-0.3, -0.25) is 0 Å². The topological polar surface area (TPSA) is 66.9 Å². The summed E-state index contributed by atoms with van der Waals surface area (Å²) < 4.78 is 30.2. The average molecular weight is 270 g/mol. The fourth-order valence-electron chi connectivity index (χ4n) is 1.61. The zero-order valence-electron chi connectivity index (χ0n) is 9.94. The molecule has 0 unspecified atom stereocenters. The Hall–Kier alpha value is -1.60. The van der Waals surface area contributed by atoms with Gasteiger partial charge < -0.3 is 4.74 Å².